The van der Waals surface area contributed by atoms with Gasteiger partial charge in [-0.05, 0) is 30.7 Å². The monoisotopic (exact) mass is 304 g/mol. The highest BCUT2D eigenvalue weighted by Crippen LogP contribution is 2.21. The second kappa shape index (κ2) is 6.58. The average Bonchev–Trinajstić information content (AvgIpc) is 2.89. The van der Waals surface area contributed by atoms with E-state index < -0.39 is 0 Å². The van der Waals surface area contributed by atoms with Crippen molar-refractivity contribution in [1.29, 1.82) is 0 Å². The largest absolute Gasteiger partial charge is 0.322 e. The highest BCUT2D eigenvalue weighted by Gasteiger charge is 2.09. The van der Waals surface area contributed by atoms with Crippen molar-refractivity contribution in [2.45, 2.75) is 6.92 Å². The van der Waals surface area contributed by atoms with E-state index in [1.807, 2.05) is 19.1 Å². The molecule has 0 atom stereocenters. The summed E-state index contributed by atoms with van der Waals surface area (Å²) in [4.78, 5) is 12.9. The Kier molecular flexibility index (Phi) is 4.80. The predicted octanol–water partition coefficient (Wildman–Crippen LogP) is 3.27. The number of hydrogen-bond donors (Lipinski definition) is 2. The molecular formula is C15H13ClN2OS. The fraction of sp³-hybridized carbons (Fsp3) is 0.133. The maximum atomic E-state index is 12.1. The molecule has 2 aromatic rings. The van der Waals surface area contributed by atoms with Crippen LogP contribution < -0.4 is 11.1 Å². The van der Waals surface area contributed by atoms with Crippen LogP contribution in [0.1, 0.15) is 20.8 Å². The first-order chi connectivity index (χ1) is 9.60. The van der Waals surface area contributed by atoms with E-state index in [2.05, 4.69) is 17.2 Å². The lowest BCUT2D eigenvalue weighted by Crippen LogP contribution is -2.10. The van der Waals surface area contributed by atoms with Crippen LogP contribution >= 0.6 is 22.9 Å². The number of hydrogen-bond acceptors (Lipinski definition) is 3. The summed E-state index contributed by atoms with van der Waals surface area (Å²) in [6.45, 7) is 2.22. The van der Waals surface area contributed by atoms with Gasteiger partial charge in [0, 0.05) is 16.1 Å². The SMILES string of the molecule is Cc1ccc(NC(=O)c2csc(C#CCN)c2)cc1Cl. The molecule has 20 heavy (non-hydrogen) atoms. The summed E-state index contributed by atoms with van der Waals surface area (Å²) in [5, 5.41) is 5.20. The Bertz CT molecular complexity index is 697. The molecule has 0 fully saturated rings. The van der Waals surface area contributed by atoms with Gasteiger partial charge >= 0.3 is 0 Å². The molecule has 2 rings (SSSR count). The van der Waals surface area contributed by atoms with Gasteiger partial charge < -0.3 is 11.1 Å². The Morgan fingerprint density at radius 3 is 2.95 bits per heavy atom. The third kappa shape index (κ3) is 3.61. The van der Waals surface area contributed by atoms with Crippen molar-refractivity contribution >= 4 is 34.5 Å². The van der Waals surface area contributed by atoms with Crippen LogP contribution in [0, 0.1) is 18.8 Å². The molecule has 0 bridgehead atoms. The number of rotatable bonds is 2. The van der Waals surface area contributed by atoms with Crippen LogP contribution in [0.5, 0.6) is 0 Å². The molecule has 3 nitrogen and oxygen atoms in total. The van der Waals surface area contributed by atoms with Gasteiger partial charge in [0.2, 0.25) is 0 Å². The molecule has 0 aliphatic heterocycles. The van der Waals surface area contributed by atoms with Crippen LogP contribution in [-0.2, 0) is 0 Å². The summed E-state index contributed by atoms with van der Waals surface area (Å²) in [5.41, 5.74) is 7.53. The zero-order chi connectivity index (χ0) is 14.5. The number of amides is 1. The van der Waals surface area contributed by atoms with E-state index in [1.54, 1.807) is 17.5 Å². The normalized spacial score (nSPS) is 9.75. The minimum atomic E-state index is -0.179. The molecule has 0 saturated heterocycles. The highest BCUT2D eigenvalue weighted by atomic mass is 35.5. The molecule has 0 saturated carbocycles. The van der Waals surface area contributed by atoms with Crippen LogP contribution in [0.4, 0.5) is 5.69 Å². The number of benzene rings is 1. The molecule has 1 aromatic carbocycles. The van der Waals surface area contributed by atoms with Gasteiger partial charge in [0.1, 0.15) is 0 Å². The van der Waals surface area contributed by atoms with Crippen molar-refractivity contribution in [1.82, 2.24) is 0 Å². The van der Waals surface area contributed by atoms with Gasteiger partial charge in [0.05, 0.1) is 17.0 Å². The third-order valence-corrected chi connectivity index (χ3v) is 3.86. The van der Waals surface area contributed by atoms with Crippen molar-refractivity contribution < 1.29 is 4.79 Å². The molecule has 102 valence electrons. The van der Waals surface area contributed by atoms with E-state index >= 15 is 0 Å². The maximum absolute atomic E-state index is 12.1. The zero-order valence-corrected chi connectivity index (χ0v) is 12.4. The molecule has 0 aliphatic carbocycles. The summed E-state index contributed by atoms with van der Waals surface area (Å²) < 4.78 is 0. The van der Waals surface area contributed by atoms with Gasteiger partial charge in [-0.15, -0.1) is 11.3 Å². The Labute approximate surface area is 126 Å². The van der Waals surface area contributed by atoms with Crippen LogP contribution in [-0.4, -0.2) is 12.5 Å². The van der Waals surface area contributed by atoms with Gasteiger partial charge in [-0.25, -0.2) is 0 Å². The Hall–Kier alpha value is -1.80. The molecule has 0 unspecified atom stereocenters. The molecule has 1 aromatic heterocycles. The predicted molar refractivity (Wildman–Crippen MR) is 84.4 cm³/mol. The van der Waals surface area contributed by atoms with Gasteiger partial charge in [-0.2, -0.15) is 0 Å². The molecule has 0 radical (unpaired) electrons. The summed E-state index contributed by atoms with van der Waals surface area (Å²) in [7, 11) is 0. The number of carbonyl (C=O) groups is 1. The van der Waals surface area contributed by atoms with Gasteiger partial charge in [0.15, 0.2) is 0 Å². The molecule has 0 aliphatic rings. The minimum absolute atomic E-state index is 0.179. The summed E-state index contributed by atoms with van der Waals surface area (Å²) >= 11 is 7.44. The summed E-state index contributed by atoms with van der Waals surface area (Å²) in [5.74, 6) is 5.48. The van der Waals surface area contributed by atoms with Crippen molar-refractivity contribution in [2.75, 3.05) is 11.9 Å². The number of thiophene rings is 1. The highest BCUT2D eigenvalue weighted by molar-refractivity contribution is 7.10. The number of nitrogens with one attached hydrogen (secondary N) is 1. The number of anilines is 1. The van der Waals surface area contributed by atoms with Crippen LogP contribution in [0.15, 0.2) is 29.6 Å². The molecule has 1 amide bonds. The zero-order valence-electron chi connectivity index (χ0n) is 10.9. The molecular weight excluding hydrogens is 292 g/mol. The van der Waals surface area contributed by atoms with E-state index in [0.29, 0.717) is 22.8 Å². The van der Waals surface area contributed by atoms with E-state index in [-0.39, 0.29) is 5.91 Å². The second-order valence-electron chi connectivity index (χ2n) is 4.12. The Morgan fingerprint density at radius 1 is 1.45 bits per heavy atom. The van der Waals surface area contributed by atoms with Gasteiger partial charge in [0.25, 0.3) is 5.91 Å². The number of halogens is 1. The number of carbonyl (C=O) groups excluding carboxylic acids is 1. The second-order valence-corrected chi connectivity index (χ2v) is 5.44. The van der Waals surface area contributed by atoms with Crippen LogP contribution in [0.2, 0.25) is 5.02 Å². The minimum Gasteiger partial charge on any atom is -0.322 e. The van der Waals surface area contributed by atoms with Crippen LogP contribution in [0.3, 0.4) is 0 Å². The molecule has 0 spiro atoms. The van der Waals surface area contributed by atoms with Gasteiger partial charge in [-0.1, -0.05) is 29.5 Å². The van der Waals surface area contributed by atoms with Crippen molar-refractivity contribution in [3.8, 4) is 11.8 Å². The third-order valence-electron chi connectivity index (χ3n) is 2.60. The summed E-state index contributed by atoms with van der Waals surface area (Å²) in [6.07, 6.45) is 0. The average molecular weight is 305 g/mol. The molecule has 1 heterocycles. The van der Waals surface area contributed by atoms with Crippen molar-refractivity contribution in [2.24, 2.45) is 5.73 Å². The first-order valence-corrected chi connectivity index (χ1v) is 7.21. The van der Waals surface area contributed by atoms with E-state index in [9.17, 15) is 4.79 Å². The lowest BCUT2D eigenvalue weighted by atomic mass is 10.2. The van der Waals surface area contributed by atoms with Crippen LogP contribution in [0.25, 0.3) is 0 Å². The van der Waals surface area contributed by atoms with E-state index in [4.69, 9.17) is 17.3 Å². The first kappa shape index (κ1) is 14.6. The smallest absolute Gasteiger partial charge is 0.256 e. The Morgan fingerprint density at radius 2 is 2.25 bits per heavy atom. The first-order valence-electron chi connectivity index (χ1n) is 5.95. The van der Waals surface area contributed by atoms with E-state index in [1.165, 1.54) is 11.3 Å². The van der Waals surface area contributed by atoms with Gasteiger partial charge in [-0.3, -0.25) is 4.79 Å². The molecule has 5 heteroatoms. The lowest BCUT2D eigenvalue weighted by molar-refractivity contribution is 0.102. The van der Waals surface area contributed by atoms with E-state index in [0.717, 1.165) is 10.4 Å². The molecule has 3 N–H and O–H groups in total. The summed E-state index contributed by atoms with van der Waals surface area (Å²) in [6, 6.07) is 7.17. The lowest BCUT2D eigenvalue weighted by Gasteiger charge is -2.05. The standard InChI is InChI=1S/C15H13ClN2OS/c1-10-4-5-12(8-14(10)16)18-15(19)11-7-13(20-9-11)3-2-6-17/h4-5,7-9H,6,17H2,1H3,(H,18,19). The fourth-order valence-electron chi connectivity index (χ4n) is 1.53. The number of nitrogens with two attached hydrogens (primary N) is 1. The van der Waals surface area contributed by atoms with Crippen molar-refractivity contribution in [3.05, 3.63) is 50.7 Å². The fourth-order valence-corrected chi connectivity index (χ4v) is 2.47. The maximum Gasteiger partial charge on any atom is 0.256 e. The quantitative estimate of drug-likeness (QED) is 0.837. The van der Waals surface area contributed by atoms with Crippen molar-refractivity contribution in [3.63, 3.8) is 0 Å². The number of aryl methyl sites for hydroxylation is 1. The Balaban J connectivity index is 2.11. The topological polar surface area (TPSA) is 55.1 Å².